The van der Waals surface area contributed by atoms with Crippen molar-refractivity contribution < 1.29 is 0 Å². The van der Waals surface area contributed by atoms with E-state index in [0.717, 1.165) is 29.8 Å². The second kappa shape index (κ2) is 6.27. The predicted molar refractivity (Wildman–Crippen MR) is 74.8 cm³/mol. The van der Waals surface area contributed by atoms with E-state index in [4.69, 9.17) is 11.6 Å². The van der Waals surface area contributed by atoms with E-state index >= 15 is 0 Å². The molecular weight excluding hydrogens is 232 g/mol. The van der Waals surface area contributed by atoms with Crippen molar-refractivity contribution in [1.29, 1.82) is 0 Å². The number of nitrogens with one attached hydrogen (secondary N) is 1. The molecule has 0 aliphatic heterocycles. The average Bonchev–Trinajstić information content (AvgIpc) is 2.85. The fourth-order valence-electron chi connectivity index (χ4n) is 2.50. The Morgan fingerprint density at radius 1 is 1.29 bits per heavy atom. The number of para-hydroxylation sites is 1. The summed E-state index contributed by atoms with van der Waals surface area (Å²) >= 11 is 6.09. The van der Waals surface area contributed by atoms with Crippen molar-refractivity contribution in [3.8, 4) is 0 Å². The minimum atomic E-state index is 0.794. The molecule has 17 heavy (non-hydrogen) atoms. The lowest BCUT2D eigenvalue weighted by Crippen LogP contribution is -2.33. The summed E-state index contributed by atoms with van der Waals surface area (Å²) < 4.78 is 0. The van der Waals surface area contributed by atoms with Crippen LogP contribution in [0, 0.1) is 0 Å². The van der Waals surface area contributed by atoms with Gasteiger partial charge in [0.15, 0.2) is 0 Å². The van der Waals surface area contributed by atoms with Gasteiger partial charge < -0.3 is 10.2 Å². The van der Waals surface area contributed by atoms with Crippen molar-refractivity contribution in [2.45, 2.75) is 31.7 Å². The Labute approximate surface area is 109 Å². The molecule has 1 aliphatic carbocycles. The summed E-state index contributed by atoms with van der Waals surface area (Å²) in [5.41, 5.74) is 1.04. The molecule has 0 unspecified atom stereocenters. The van der Waals surface area contributed by atoms with E-state index in [0.29, 0.717) is 0 Å². The van der Waals surface area contributed by atoms with Crippen LogP contribution in [0.1, 0.15) is 25.7 Å². The summed E-state index contributed by atoms with van der Waals surface area (Å²) in [4.78, 5) is 2.47. The molecular formula is C14H21ClN2. The van der Waals surface area contributed by atoms with Crippen LogP contribution in [-0.4, -0.2) is 31.1 Å². The Bertz CT molecular complexity index is 348. The fraction of sp³-hybridized carbons (Fsp3) is 0.571. The highest BCUT2D eigenvalue weighted by Gasteiger charge is 2.18. The number of benzene rings is 1. The molecule has 3 heteroatoms. The van der Waals surface area contributed by atoms with Crippen LogP contribution in [0.5, 0.6) is 0 Å². The molecule has 0 radical (unpaired) electrons. The van der Waals surface area contributed by atoms with Crippen molar-refractivity contribution in [1.82, 2.24) is 4.90 Å². The Balaban J connectivity index is 1.74. The Morgan fingerprint density at radius 3 is 2.71 bits per heavy atom. The Kier molecular flexibility index (Phi) is 4.69. The highest BCUT2D eigenvalue weighted by molar-refractivity contribution is 6.33. The summed E-state index contributed by atoms with van der Waals surface area (Å²) in [6, 6.07) is 8.71. The van der Waals surface area contributed by atoms with Crippen molar-refractivity contribution >= 4 is 17.3 Å². The van der Waals surface area contributed by atoms with Crippen LogP contribution in [0.15, 0.2) is 24.3 Å². The van der Waals surface area contributed by atoms with Gasteiger partial charge in [0, 0.05) is 19.1 Å². The smallest absolute Gasteiger partial charge is 0.0637 e. The molecule has 2 rings (SSSR count). The zero-order chi connectivity index (χ0) is 12.1. The number of nitrogens with zero attached hydrogens (tertiary/aromatic N) is 1. The first kappa shape index (κ1) is 12.7. The van der Waals surface area contributed by atoms with E-state index in [9.17, 15) is 0 Å². The van der Waals surface area contributed by atoms with Gasteiger partial charge in [-0.1, -0.05) is 36.6 Å². The predicted octanol–water partition coefficient (Wildman–Crippen LogP) is 3.63. The highest BCUT2D eigenvalue weighted by atomic mass is 35.5. The first-order chi connectivity index (χ1) is 8.27. The van der Waals surface area contributed by atoms with E-state index in [1.54, 1.807) is 0 Å². The van der Waals surface area contributed by atoms with E-state index in [1.165, 1.54) is 25.7 Å². The maximum atomic E-state index is 6.09. The van der Waals surface area contributed by atoms with Crippen LogP contribution in [0.4, 0.5) is 5.69 Å². The molecule has 1 fully saturated rings. The maximum absolute atomic E-state index is 6.09. The summed E-state index contributed by atoms with van der Waals surface area (Å²) in [5, 5.41) is 4.20. The minimum Gasteiger partial charge on any atom is -0.383 e. The molecule has 0 atom stereocenters. The standard InChI is InChI=1S/C14H21ClN2/c1-17(12-6-2-3-7-12)11-10-16-14-9-5-4-8-13(14)15/h4-5,8-9,12,16H,2-3,6-7,10-11H2,1H3. The Hall–Kier alpha value is -0.730. The molecule has 94 valence electrons. The van der Waals surface area contributed by atoms with Gasteiger partial charge in [-0.05, 0) is 32.0 Å². The minimum absolute atomic E-state index is 0.794. The second-order valence-corrected chi connectivity index (χ2v) is 5.23. The van der Waals surface area contributed by atoms with E-state index in [-0.39, 0.29) is 0 Å². The number of hydrogen-bond acceptors (Lipinski definition) is 2. The average molecular weight is 253 g/mol. The van der Waals surface area contributed by atoms with Crippen LogP contribution in [0.2, 0.25) is 5.02 Å². The fourth-order valence-corrected chi connectivity index (χ4v) is 2.70. The van der Waals surface area contributed by atoms with Crippen LogP contribution in [0.3, 0.4) is 0 Å². The van der Waals surface area contributed by atoms with Gasteiger partial charge in [0.2, 0.25) is 0 Å². The number of likely N-dealkylation sites (N-methyl/N-ethyl adjacent to an activating group) is 1. The zero-order valence-corrected chi connectivity index (χ0v) is 11.2. The van der Waals surface area contributed by atoms with Crippen LogP contribution < -0.4 is 5.32 Å². The maximum Gasteiger partial charge on any atom is 0.0637 e. The van der Waals surface area contributed by atoms with E-state index in [2.05, 4.69) is 17.3 Å². The van der Waals surface area contributed by atoms with E-state index < -0.39 is 0 Å². The molecule has 1 aromatic rings. The monoisotopic (exact) mass is 252 g/mol. The van der Waals surface area contributed by atoms with Gasteiger partial charge in [0.05, 0.1) is 10.7 Å². The summed E-state index contributed by atoms with van der Waals surface area (Å²) in [5.74, 6) is 0. The lowest BCUT2D eigenvalue weighted by molar-refractivity contribution is 0.254. The first-order valence-electron chi connectivity index (χ1n) is 6.46. The molecule has 1 aliphatic rings. The third-order valence-corrected chi connectivity index (χ3v) is 3.93. The van der Waals surface area contributed by atoms with Crippen LogP contribution in [-0.2, 0) is 0 Å². The van der Waals surface area contributed by atoms with Crippen molar-refractivity contribution in [3.63, 3.8) is 0 Å². The van der Waals surface area contributed by atoms with Gasteiger partial charge in [-0.25, -0.2) is 0 Å². The molecule has 0 heterocycles. The largest absolute Gasteiger partial charge is 0.383 e. The molecule has 0 bridgehead atoms. The molecule has 0 spiro atoms. The summed E-state index contributed by atoms with van der Waals surface area (Å²) in [6.45, 7) is 2.03. The zero-order valence-electron chi connectivity index (χ0n) is 10.5. The van der Waals surface area contributed by atoms with E-state index in [1.807, 2.05) is 24.3 Å². The quantitative estimate of drug-likeness (QED) is 0.861. The van der Waals surface area contributed by atoms with Gasteiger partial charge in [-0.15, -0.1) is 0 Å². The van der Waals surface area contributed by atoms with Crippen LogP contribution >= 0.6 is 11.6 Å². The number of anilines is 1. The molecule has 2 nitrogen and oxygen atoms in total. The molecule has 0 aromatic heterocycles. The van der Waals surface area contributed by atoms with Gasteiger partial charge in [-0.3, -0.25) is 0 Å². The van der Waals surface area contributed by atoms with Gasteiger partial charge in [-0.2, -0.15) is 0 Å². The third kappa shape index (κ3) is 3.62. The molecule has 1 saturated carbocycles. The number of rotatable bonds is 5. The number of halogens is 1. The van der Waals surface area contributed by atoms with Gasteiger partial charge in [0.1, 0.15) is 0 Å². The number of hydrogen-bond donors (Lipinski definition) is 1. The van der Waals surface area contributed by atoms with Crippen LogP contribution in [0.25, 0.3) is 0 Å². The second-order valence-electron chi connectivity index (χ2n) is 4.83. The van der Waals surface area contributed by atoms with Gasteiger partial charge >= 0.3 is 0 Å². The molecule has 0 amide bonds. The van der Waals surface area contributed by atoms with Crippen molar-refractivity contribution in [3.05, 3.63) is 29.3 Å². The SMILES string of the molecule is CN(CCNc1ccccc1Cl)C1CCCC1. The normalized spacial score (nSPS) is 16.6. The first-order valence-corrected chi connectivity index (χ1v) is 6.84. The van der Waals surface area contributed by atoms with Crippen molar-refractivity contribution in [2.24, 2.45) is 0 Å². The highest BCUT2D eigenvalue weighted by Crippen LogP contribution is 2.23. The van der Waals surface area contributed by atoms with Crippen molar-refractivity contribution in [2.75, 3.05) is 25.5 Å². The molecule has 1 N–H and O–H groups in total. The van der Waals surface area contributed by atoms with Gasteiger partial charge in [0.25, 0.3) is 0 Å². The topological polar surface area (TPSA) is 15.3 Å². The molecule has 1 aromatic carbocycles. The lowest BCUT2D eigenvalue weighted by atomic mass is 10.2. The lowest BCUT2D eigenvalue weighted by Gasteiger charge is -2.24. The third-order valence-electron chi connectivity index (χ3n) is 3.60. The Morgan fingerprint density at radius 2 is 2.00 bits per heavy atom. The molecule has 0 saturated heterocycles. The summed E-state index contributed by atoms with van der Waals surface area (Å²) in [7, 11) is 2.23. The summed E-state index contributed by atoms with van der Waals surface area (Å²) in [6.07, 6.45) is 5.52.